The van der Waals surface area contributed by atoms with Crippen LogP contribution in [0.4, 0.5) is 15.8 Å². The van der Waals surface area contributed by atoms with Crippen LogP contribution in [0.15, 0.2) is 42.5 Å². The van der Waals surface area contributed by atoms with Crippen LogP contribution in [0, 0.1) is 12.7 Å². The summed E-state index contributed by atoms with van der Waals surface area (Å²) in [4.78, 5) is 23.9. The molecule has 0 aromatic heterocycles. The number of carbonyl (C=O) groups excluding carboxylic acids is 2. The van der Waals surface area contributed by atoms with Gasteiger partial charge in [-0.15, -0.1) is 0 Å². The second-order valence-corrected chi connectivity index (χ2v) is 7.28. The number of aryl methyl sites for hydroxylation is 1. The Morgan fingerprint density at radius 3 is 2.46 bits per heavy atom. The van der Waals surface area contributed by atoms with Crippen molar-refractivity contribution in [3.05, 3.63) is 59.4 Å². The van der Waals surface area contributed by atoms with Crippen molar-refractivity contribution in [2.75, 3.05) is 22.9 Å². The number of amides is 1. The molecular weight excluding hydrogens is 363 g/mol. The van der Waals surface area contributed by atoms with Gasteiger partial charge < -0.3 is 10.1 Å². The number of nitrogens with one attached hydrogen (secondary N) is 2. The number of halogens is 1. The summed E-state index contributed by atoms with van der Waals surface area (Å²) in [5.41, 5.74) is 0.648. The molecule has 0 atom stereocenters. The molecule has 0 bridgehead atoms. The van der Waals surface area contributed by atoms with Crippen molar-refractivity contribution in [1.29, 1.82) is 0 Å². The first-order valence-electron chi connectivity index (χ1n) is 7.45. The van der Waals surface area contributed by atoms with Gasteiger partial charge in [-0.1, -0.05) is 18.2 Å². The van der Waals surface area contributed by atoms with Crippen molar-refractivity contribution < 1.29 is 27.1 Å². The first kappa shape index (κ1) is 19.4. The van der Waals surface area contributed by atoms with E-state index in [9.17, 15) is 22.4 Å². The van der Waals surface area contributed by atoms with Gasteiger partial charge in [-0.3, -0.25) is 9.52 Å². The standard InChI is InChI=1S/C17H17FN2O5S/c1-11-7-8-15(13(18)9-11)19-16(21)10-25-17(22)12-5-3-4-6-14(12)20-26(2,23)24/h3-9,20H,10H2,1-2H3,(H,19,21). The summed E-state index contributed by atoms with van der Waals surface area (Å²) in [5, 5.41) is 2.29. The molecular formula is C17H17FN2O5S. The zero-order valence-corrected chi connectivity index (χ0v) is 14.9. The average molecular weight is 380 g/mol. The van der Waals surface area contributed by atoms with Gasteiger partial charge in [0.15, 0.2) is 6.61 Å². The molecule has 0 aliphatic heterocycles. The number of anilines is 2. The highest BCUT2D eigenvalue weighted by atomic mass is 32.2. The highest BCUT2D eigenvalue weighted by Gasteiger charge is 2.16. The third-order valence-electron chi connectivity index (χ3n) is 3.18. The van der Waals surface area contributed by atoms with Gasteiger partial charge in [0.1, 0.15) is 5.82 Å². The van der Waals surface area contributed by atoms with Crippen molar-refractivity contribution >= 4 is 33.3 Å². The van der Waals surface area contributed by atoms with E-state index < -0.39 is 34.3 Å². The van der Waals surface area contributed by atoms with E-state index in [1.807, 2.05) is 0 Å². The molecule has 0 aliphatic rings. The molecule has 26 heavy (non-hydrogen) atoms. The number of benzene rings is 2. The van der Waals surface area contributed by atoms with Crippen LogP contribution in [0.25, 0.3) is 0 Å². The molecule has 0 radical (unpaired) electrons. The quantitative estimate of drug-likeness (QED) is 0.749. The fraction of sp³-hybridized carbons (Fsp3) is 0.176. The Balaban J connectivity index is 2.01. The number of ether oxygens (including phenoxy) is 1. The highest BCUT2D eigenvalue weighted by molar-refractivity contribution is 7.92. The first-order chi connectivity index (χ1) is 12.2. The number of carbonyl (C=O) groups is 2. The van der Waals surface area contributed by atoms with Crippen LogP contribution >= 0.6 is 0 Å². The number of rotatable bonds is 6. The molecule has 0 fully saturated rings. The largest absolute Gasteiger partial charge is 0.452 e. The fourth-order valence-corrected chi connectivity index (χ4v) is 2.64. The molecule has 0 saturated carbocycles. The minimum atomic E-state index is -3.59. The molecule has 2 N–H and O–H groups in total. The lowest BCUT2D eigenvalue weighted by Gasteiger charge is -2.11. The Morgan fingerprint density at radius 1 is 1.12 bits per heavy atom. The van der Waals surface area contributed by atoms with Gasteiger partial charge in [-0.25, -0.2) is 17.6 Å². The Bertz CT molecular complexity index is 944. The van der Waals surface area contributed by atoms with E-state index >= 15 is 0 Å². The molecule has 0 saturated heterocycles. The van der Waals surface area contributed by atoms with Crippen molar-refractivity contribution in [3.8, 4) is 0 Å². The van der Waals surface area contributed by atoms with Crippen LogP contribution in [0.2, 0.25) is 0 Å². The van der Waals surface area contributed by atoms with Crippen LogP contribution in [0.5, 0.6) is 0 Å². The molecule has 7 nitrogen and oxygen atoms in total. The van der Waals surface area contributed by atoms with Gasteiger partial charge in [0.2, 0.25) is 10.0 Å². The van der Waals surface area contributed by atoms with Gasteiger partial charge in [-0.2, -0.15) is 0 Å². The third kappa shape index (κ3) is 5.55. The van der Waals surface area contributed by atoms with Crippen LogP contribution in [0.3, 0.4) is 0 Å². The lowest BCUT2D eigenvalue weighted by atomic mass is 10.2. The van der Waals surface area contributed by atoms with Crippen molar-refractivity contribution in [2.45, 2.75) is 6.92 Å². The maximum Gasteiger partial charge on any atom is 0.340 e. The predicted octanol–water partition coefficient (Wildman–Crippen LogP) is 2.30. The lowest BCUT2D eigenvalue weighted by Crippen LogP contribution is -2.22. The summed E-state index contributed by atoms with van der Waals surface area (Å²) in [6.07, 6.45) is 0.943. The maximum absolute atomic E-state index is 13.7. The lowest BCUT2D eigenvalue weighted by molar-refractivity contribution is -0.119. The van der Waals surface area contributed by atoms with E-state index in [1.165, 1.54) is 36.4 Å². The van der Waals surface area contributed by atoms with E-state index in [1.54, 1.807) is 13.0 Å². The molecule has 2 aromatic carbocycles. The zero-order chi connectivity index (χ0) is 19.3. The van der Waals surface area contributed by atoms with Gasteiger partial charge in [-0.05, 0) is 36.8 Å². The fourth-order valence-electron chi connectivity index (χ4n) is 2.07. The van der Waals surface area contributed by atoms with Crippen LogP contribution in [0.1, 0.15) is 15.9 Å². The summed E-state index contributed by atoms with van der Waals surface area (Å²) >= 11 is 0. The van der Waals surface area contributed by atoms with E-state index in [-0.39, 0.29) is 16.9 Å². The van der Waals surface area contributed by atoms with Crippen molar-refractivity contribution in [1.82, 2.24) is 0 Å². The Morgan fingerprint density at radius 2 is 1.81 bits per heavy atom. The minimum absolute atomic E-state index is 0.0317. The third-order valence-corrected chi connectivity index (χ3v) is 3.77. The summed E-state index contributed by atoms with van der Waals surface area (Å²) in [6.45, 7) is 1.05. The van der Waals surface area contributed by atoms with Crippen LogP contribution in [-0.4, -0.2) is 33.2 Å². The van der Waals surface area contributed by atoms with Crippen LogP contribution < -0.4 is 10.0 Å². The monoisotopic (exact) mass is 380 g/mol. The second-order valence-electron chi connectivity index (χ2n) is 5.53. The first-order valence-corrected chi connectivity index (χ1v) is 9.35. The Hall–Kier alpha value is -2.94. The molecule has 2 aromatic rings. The maximum atomic E-state index is 13.7. The number of esters is 1. The second kappa shape index (κ2) is 7.96. The van der Waals surface area contributed by atoms with E-state index in [2.05, 4.69) is 10.0 Å². The average Bonchev–Trinajstić information content (AvgIpc) is 2.54. The summed E-state index contributed by atoms with van der Waals surface area (Å²) in [7, 11) is -3.59. The van der Waals surface area contributed by atoms with Crippen molar-refractivity contribution in [3.63, 3.8) is 0 Å². The molecule has 0 spiro atoms. The number of hydrogen-bond donors (Lipinski definition) is 2. The normalized spacial score (nSPS) is 10.9. The minimum Gasteiger partial charge on any atom is -0.452 e. The molecule has 2 rings (SSSR count). The highest BCUT2D eigenvalue weighted by Crippen LogP contribution is 2.18. The Kier molecular flexibility index (Phi) is 5.93. The van der Waals surface area contributed by atoms with Gasteiger partial charge in [0.25, 0.3) is 5.91 Å². The number of sulfonamides is 1. The van der Waals surface area contributed by atoms with Gasteiger partial charge in [0, 0.05) is 0 Å². The zero-order valence-electron chi connectivity index (χ0n) is 14.1. The van der Waals surface area contributed by atoms with Crippen molar-refractivity contribution in [2.24, 2.45) is 0 Å². The van der Waals surface area contributed by atoms with Gasteiger partial charge >= 0.3 is 5.97 Å². The number of hydrogen-bond acceptors (Lipinski definition) is 5. The number of para-hydroxylation sites is 1. The SMILES string of the molecule is Cc1ccc(NC(=O)COC(=O)c2ccccc2NS(C)(=O)=O)c(F)c1. The molecule has 0 heterocycles. The summed E-state index contributed by atoms with van der Waals surface area (Å²) in [6, 6.07) is 10.1. The molecule has 138 valence electrons. The topological polar surface area (TPSA) is 102 Å². The van der Waals surface area contributed by atoms with E-state index in [0.717, 1.165) is 6.26 Å². The van der Waals surface area contributed by atoms with Gasteiger partial charge in [0.05, 0.1) is 23.2 Å². The molecule has 9 heteroatoms. The van der Waals surface area contributed by atoms with E-state index in [0.29, 0.717) is 5.56 Å². The smallest absolute Gasteiger partial charge is 0.340 e. The Labute approximate surface area is 150 Å². The molecule has 0 aliphatic carbocycles. The molecule has 1 amide bonds. The predicted molar refractivity (Wildman–Crippen MR) is 95.0 cm³/mol. The van der Waals surface area contributed by atoms with Crippen LogP contribution in [-0.2, 0) is 19.6 Å². The summed E-state index contributed by atoms with van der Waals surface area (Å²) < 4.78 is 43.4. The molecule has 0 unspecified atom stereocenters. The van der Waals surface area contributed by atoms with E-state index in [4.69, 9.17) is 4.74 Å². The summed E-state index contributed by atoms with van der Waals surface area (Å²) in [5.74, 6) is -2.22.